The lowest BCUT2D eigenvalue weighted by Crippen LogP contribution is -2.26. The summed E-state index contributed by atoms with van der Waals surface area (Å²) in [5, 5.41) is 7.82. The van der Waals surface area contributed by atoms with Gasteiger partial charge in [0.15, 0.2) is 5.69 Å². The molecule has 0 radical (unpaired) electrons. The summed E-state index contributed by atoms with van der Waals surface area (Å²) in [7, 11) is 1.25. The summed E-state index contributed by atoms with van der Waals surface area (Å²) < 4.78 is 11.2. The number of amides is 2. The fraction of sp³-hybridized carbons (Fsp3) is 0.250. The van der Waals surface area contributed by atoms with E-state index in [4.69, 9.17) is 15.2 Å². The van der Waals surface area contributed by atoms with Crippen molar-refractivity contribution in [1.29, 1.82) is 0 Å². The molecule has 4 aromatic rings. The number of fused-ring (bicyclic) bond motifs is 3. The van der Waals surface area contributed by atoms with Crippen LogP contribution in [-0.2, 0) is 17.7 Å². The van der Waals surface area contributed by atoms with Crippen LogP contribution in [0.2, 0.25) is 0 Å². The van der Waals surface area contributed by atoms with Crippen molar-refractivity contribution in [3.8, 4) is 28.0 Å². The van der Waals surface area contributed by atoms with E-state index in [0.717, 1.165) is 35.1 Å². The molecule has 0 aliphatic carbocycles. The van der Waals surface area contributed by atoms with Crippen molar-refractivity contribution in [1.82, 2.24) is 10.3 Å². The number of ether oxygens (including phenoxy) is 2. The number of esters is 1. The molecule has 5 rings (SSSR count). The van der Waals surface area contributed by atoms with Crippen LogP contribution in [-0.4, -0.2) is 43.0 Å². The van der Waals surface area contributed by atoms with E-state index in [-0.39, 0.29) is 17.3 Å². The van der Waals surface area contributed by atoms with Gasteiger partial charge in [-0.2, -0.15) is 0 Å². The van der Waals surface area contributed by atoms with Gasteiger partial charge in [0.1, 0.15) is 11.4 Å². The molecule has 9 nitrogen and oxygen atoms in total. The van der Waals surface area contributed by atoms with Crippen LogP contribution in [0.5, 0.6) is 5.75 Å². The average Bonchev–Trinajstić information content (AvgIpc) is 3.41. The molecule has 0 atom stereocenters. The Morgan fingerprint density at radius 2 is 1.86 bits per heavy atom. The number of carbonyl (C=O) groups is 3. The second kappa shape index (κ2) is 12.5. The van der Waals surface area contributed by atoms with Crippen molar-refractivity contribution < 1.29 is 23.9 Å². The second-order valence-electron chi connectivity index (χ2n) is 9.90. The van der Waals surface area contributed by atoms with Crippen LogP contribution in [0, 0.1) is 6.92 Å². The summed E-state index contributed by atoms with van der Waals surface area (Å²) in [5.41, 5.74) is 11.1. The molecule has 2 amide bonds. The summed E-state index contributed by atoms with van der Waals surface area (Å²) in [6, 6.07) is 14.4. The van der Waals surface area contributed by atoms with Gasteiger partial charge in [0, 0.05) is 52.3 Å². The van der Waals surface area contributed by atoms with Gasteiger partial charge in [0.25, 0.3) is 11.8 Å². The highest BCUT2D eigenvalue weighted by Gasteiger charge is 2.27. The molecule has 1 aliphatic heterocycles. The Bertz CT molecular complexity index is 1680. The fourth-order valence-electron chi connectivity index (χ4n) is 4.92. The molecule has 0 saturated heterocycles. The summed E-state index contributed by atoms with van der Waals surface area (Å²) in [6.07, 6.45) is 1.49. The summed E-state index contributed by atoms with van der Waals surface area (Å²) in [6.45, 7) is 5.18. The standard InChI is InChI=1S/C32H32N4O5S/c1-4-11-34-31(38)26-8-6-21(29(35-26)32(39)40-3)22-16-27-23(20-10-13-42-28(20)9-12-41-27)15-24(22)30(37)36-25-7-5-19(17-33)14-18(25)2/h5-8,10,13-16H,4,9,11-12,17,33H2,1-3H3,(H,34,38)(H,36,37). The van der Waals surface area contributed by atoms with Crippen LogP contribution in [0.25, 0.3) is 22.3 Å². The van der Waals surface area contributed by atoms with E-state index in [0.29, 0.717) is 47.8 Å². The Morgan fingerprint density at radius 1 is 1.02 bits per heavy atom. The fourth-order valence-corrected chi connectivity index (χ4v) is 5.79. The lowest BCUT2D eigenvalue weighted by molar-refractivity contribution is 0.0594. The van der Waals surface area contributed by atoms with Gasteiger partial charge < -0.3 is 25.8 Å². The molecule has 42 heavy (non-hydrogen) atoms. The van der Waals surface area contributed by atoms with Crippen molar-refractivity contribution >= 4 is 34.8 Å². The number of nitrogens with zero attached hydrogens (tertiary/aromatic N) is 1. The zero-order valence-corrected chi connectivity index (χ0v) is 24.5. The molecule has 4 N–H and O–H groups in total. The summed E-state index contributed by atoms with van der Waals surface area (Å²) >= 11 is 1.64. The maximum absolute atomic E-state index is 14.0. The van der Waals surface area contributed by atoms with Crippen molar-refractivity contribution in [2.75, 3.05) is 25.6 Å². The predicted octanol–water partition coefficient (Wildman–Crippen LogP) is 5.36. The third-order valence-electron chi connectivity index (χ3n) is 7.09. The summed E-state index contributed by atoms with van der Waals surface area (Å²) in [4.78, 5) is 45.2. The number of hydrogen-bond donors (Lipinski definition) is 3. The largest absolute Gasteiger partial charge is 0.493 e. The molecule has 2 aromatic carbocycles. The molecule has 3 heterocycles. The molecule has 10 heteroatoms. The quantitative estimate of drug-likeness (QED) is 0.238. The second-order valence-corrected chi connectivity index (χ2v) is 10.9. The van der Waals surface area contributed by atoms with E-state index in [9.17, 15) is 14.4 Å². The number of anilines is 1. The Hall–Kier alpha value is -4.54. The minimum atomic E-state index is -0.731. The highest BCUT2D eigenvalue weighted by Crippen LogP contribution is 2.42. The minimum absolute atomic E-state index is 0.0724. The van der Waals surface area contributed by atoms with E-state index in [2.05, 4.69) is 15.6 Å². The zero-order chi connectivity index (χ0) is 29.8. The average molecular weight is 585 g/mol. The maximum Gasteiger partial charge on any atom is 0.357 e. The first-order valence-electron chi connectivity index (χ1n) is 13.7. The Labute approximate surface area is 248 Å². The van der Waals surface area contributed by atoms with Crippen LogP contribution in [0.1, 0.15) is 60.7 Å². The van der Waals surface area contributed by atoms with Crippen molar-refractivity contribution in [2.24, 2.45) is 5.73 Å². The molecular weight excluding hydrogens is 552 g/mol. The first kappa shape index (κ1) is 29.0. The normalized spacial score (nSPS) is 11.9. The monoisotopic (exact) mass is 584 g/mol. The lowest BCUT2D eigenvalue weighted by Gasteiger charge is -2.18. The van der Waals surface area contributed by atoms with Gasteiger partial charge in [-0.15, -0.1) is 11.3 Å². The number of nitrogens with one attached hydrogen (secondary N) is 2. The van der Waals surface area contributed by atoms with Crippen LogP contribution >= 0.6 is 11.3 Å². The van der Waals surface area contributed by atoms with Crippen LogP contribution in [0.15, 0.2) is 53.9 Å². The van der Waals surface area contributed by atoms with Crippen molar-refractivity contribution in [3.05, 3.63) is 86.9 Å². The number of pyridine rings is 1. The first-order valence-corrected chi connectivity index (χ1v) is 14.6. The number of rotatable bonds is 8. The van der Waals surface area contributed by atoms with Gasteiger partial charge in [-0.05, 0) is 71.8 Å². The van der Waals surface area contributed by atoms with Crippen molar-refractivity contribution in [2.45, 2.75) is 33.2 Å². The zero-order valence-electron chi connectivity index (χ0n) is 23.7. The smallest absolute Gasteiger partial charge is 0.357 e. The van der Waals surface area contributed by atoms with Crippen LogP contribution < -0.4 is 21.1 Å². The van der Waals surface area contributed by atoms with E-state index in [1.165, 1.54) is 18.1 Å². The van der Waals surface area contributed by atoms with Gasteiger partial charge >= 0.3 is 5.97 Å². The SMILES string of the molecule is CCCNC(=O)c1ccc(-c2cc3c(cc2C(=O)Nc2ccc(CN)cc2C)-c2ccsc2CCO3)c(C(=O)OC)n1. The Balaban J connectivity index is 1.68. The van der Waals surface area contributed by atoms with Gasteiger partial charge in [-0.25, -0.2) is 9.78 Å². The lowest BCUT2D eigenvalue weighted by atomic mass is 9.92. The highest BCUT2D eigenvalue weighted by atomic mass is 32.1. The number of benzene rings is 2. The van der Waals surface area contributed by atoms with Gasteiger partial charge in [-0.1, -0.05) is 19.1 Å². The van der Waals surface area contributed by atoms with Crippen molar-refractivity contribution in [3.63, 3.8) is 0 Å². The van der Waals surface area contributed by atoms with E-state index in [1.807, 2.05) is 43.5 Å². The number of methoxy groups -OCH3 is 1. The molecule has 0 unspecified atom stereocenters. The Morgan fingerprint density at radius 3 is 2.60 bits per heavy atom. The molecule has 1 aliphatic rings. The van der Waals surface area contributed by atoms with E-state index in [1.54, 1.807) is 29.5 Å². The number of carbonyl (C=O) groups excluding carboxylic acids is 3. The maximum atomic E-state index is 14.0. The third kappa shape index (κ3) is 5.77. The highest BCUT2D eigenvalue weighted by molar-refractivity contribution is 7.10. The molecule has 0 bridgehead atoms. The van der Waals surface area contributed by atoms with E-state index < -0.39 is 11.9 Å². The number of nitrogens with two attached hydrogens (primary N) is 1. The van der Waals surface area contributed by atoms with Gasteiger partial charge in [0.05, 0.1) is 13.7 Å². The van der Waals surface area contributed by atoms with E-state index >= 15 is 0 Å². The predicted molar refractivity (Wildman–Crippen MR) is 163 cm³/mol. The molecule has 216 valence electrons. The van der Waals surface area contributed by atoms with Crippen LogP contribution in [0.3, 0.4) is 0 Å². The Kier molecular flexibility index (Phi) is 8.65. The summed E-state index contributed by atoms with van der Waals surface area (Å²) in [5.74, 6) is -0.926. The molecule has 0 fully saturated rings. The molecular formula is C32H32N4O5S. The molecule has 0 saturated carbocycles. The molecule has 0 spiro atoms. The molecule has 2 aromatic heterocycles. The topological polar surface area (TPSA) is 133 Å². The number of aryl methyl sites for hydroxylation is 1. The van der Waals surface area contributed by atoms with Crippen LogP contribution in [0.4, 0.5) is 5.69 Å². The van der Waals surface area contributed by atoms with Gasteiger partial charge in [0.2, 0.25) is 0 Å². The number of hydrogen-bond acceptors (Lipinski definition) is 8. The first-order chi connectivity index (χ1) is 20.3. The third-order valence-corrected chi connectivity index (χ3v) is 8.07. The van der Waals surface area contributed by atoms with Gasteiger partial charge in [-0.3, -0.25) is 9.59 Å². The number of thiophene rings is 1. The minimum Gasteiger partial charge on any atom is -0.493 e. The number of aromatic nitrogens is 1.